The summed E-state index contributed by atoms with van der Waals surface area (Å²) in [5.74, 6) is 0.695. The minimum Gasteiger partial charge on any atom is -0.456 e. The molecule has 4 heteroatoms. The molecule has 0 N–H and O–H groups in total. The van der Waals surface area contributed by atoms with Crippen LogP contribution >= 0.6 is 11.8 Å². The van der Waals surface area contributed by atoms with Gasteiger partial charge in [0, 0.05) is 37.3 Å². The van der Waals surface area contributed by atoms with Crippen molar-refractivity contribution in [3.8, 4) is 45.0 Å². The molecule has 7 aromatic carbocycles. The van der Waals surface area contributed by atoms with E-state index in [0.29, 0.717) is 5.82 Å². The van der Waals surface area contributed by atoms with Crippen molar-refractivity contribution in [2.75, 3.05) is 0 Å². The Morgan fingerprint density at radius 3 is 1.76 bits per heavy atom. The summed E-state index contributed by atoms with van der Waals surface area (Å²) in [5, 5.41) is 2.20. The maximum atomic E-state index is 6.73. The average molecular weight is 669 g/mol. The van der Waals surface area contributed by atoms with Crippen molar-refractivity contribution in [3.63, 3.8) is 0 Å². The average Bonchev–Trinajstić information content (AvgIpc) is 3.73. The third kappa shape index (κ3) is 4.02. The third-order valence-corrected chi connectivity index (χ3v) is 11.8. The minimum absolute atomic E-state index is 0.465. The van der Waals surface area contributed by atoms with Crippen LogP contribution in [0.3, 0.4) is 0 Å². The van der Waals surface area contributed by atoms with E-state index in [2.05, 4.69) is 146 Å². The number of benzene rings is 7. The van der Waals surface area contributed by atoms with Crippen molar-refractivity contribution >= 4 is 33.7 Å². The zero-order valence-corrected chi connectivity index (χ0v) is 28.2. The molecule has 9 aromatic rings. The molecule has 0 amide bonds. The molecule has 11 rings (SSSR count). The minimum atomic E-state index is -0.465. The standard InChI is InChI=1S/C47H28N2OS/c1-3-14-29(15-4-1)38-28-39(49-46(48-38)30-16-5-2-6-17-30)33-20-13-24-40-43(33)44-41(50-40)27-26-37-45(44)51-42-25-12-11-23-36(42)47(37)34-21-9-7-18-31(34)32-19-8-10-22-35(32)47/h1-28H. The lowest BCUT2D eigenvalue weighted by atomic mass is 9.67. The van der Waals surface area contributed by atoms with Gasteiger partial charge in [0.15, 0.2) is 5.82 Å². The van der Waals surface area contributed by atoms with Gasteiger partial charge in [0.2, 0.25) is 0 Å². The Balaban J connectivity index is 1.24. The van der Waals surface area contributed by atoms with Crippen LogP contribution in [0, 0.1) is 0 Å². The highest BCUT2D eigenvalue weighted by Gasteiger charge is 2.50. The molecule has 0 saturated carbocycles. The van der Waals surface area contributed by atoms with E-state index >= 15 is 0 Å². The normalized spacial score (nSPS) is 13.6. The molecule has 0 fully saturated rings. The monoisotopic (exact) mass is 668 g/mol. The molecule has 1 aliphatic heterocycles. The lowest BCUT2D eigenvalue weighted by molar-refractivity contribution is 0.666. The van der Waals surface area contributed by atoms with Gasteiger partial charge in [-0.05, 0) is 57.6 Å². The maximum absolute atomic E-state index is 6.73. The van der Waals surface area contributed by atoms with Crippen molar-refractivity contribution in [2.24, 2.45) is 0 Å². The lowest BCUT2D eigenvalue weighted by Gasteiger charge is -2.39. The molecule has 2 aliphatic rings. The first-order valence-electron chi connectivity index (χ1n) is 17.2. The van der Waals surface area contributed by atoms with Crippen LogP contribution in [0.4, 0.5) is 0 Å². The summed E-state index contributed by atoms with van der Waals surface area (Å²) in [4.78, 5) is 12.8. The first kappa shape index (κ1) is 28.6. The predicted octanol–water partition coefficient (Wildman–Crippen LogP) is 12.2. The van der Waals surface area contributed by atoms with E-state index in [-0.39, 0.29) is 0 Å². The molecular weight excluding hydrogens is 641 g/mol. The van der Waals surface area contributed by atoms with Crippen LogP contribution in [0.15, 0.2) is 184 Å². The number of rotatable bonds is 3. The second kappa shape index (κ2) is 10.9. The molecule has 0 bridgehead atoms. The maximum Gasteiger partial charge on any atom is 0.160 e. The zero-order valence-electron chi connectivity index (χ0n) is 27.4. The van der Waals surface area contributed by atoms with Crippen LogP contribution in [0.25, 0.3) is 67.0 Å². The van der Waals surface area contributed by atoms with Gasteiger partial charge in [-0.3, -0.25) is 0 Å². The van der Waals surface area contributed by atoms with Gasteiger partial charge in [0.05, 0.1) is 16.8 Å². The second-order valence-electron chi connectivity index (χ2n) is 13.2. The topological polar surface area (TPSA) is 38.9 Å². The Hall–Kier alpha value is -6.23. The summed E-state index contributed by atoms with van der Waals surface area (Å²) < 4.78 is 6.73. The summed E-state index contributed by atoms with van der Waals surface area (Å²) in [6.07, 6.45) is 0. The fourth-order valence-electron chi connectivity index (χ4n) is 8.49. The molecule has 1 aliphatic carbocycles. The van der Waals surface area contributed by atoms with Gasteiger partial charge in [0.1, 0.15) is 11.2 Å². The molecule has 0 radical (unpaired) electrons. The molecule has 0 saturated heterocycles. The number of aromatic nitrogens is 2. The summed E-state index contributed by atoms with van der Waals surface area (Å²) >= 11 is 1.85. The molecule has 3 nitrogen and oxygen atoms in total. The SMILES string of the molecule is c1ccc(-c2cc(-c3cccc4oc5ccc6c(c5c34)Sc3ccccc3C63c4ccccc4-c4ccccc43)nc(-c3ccccc3)n2)cc1. The van der Waals surface area contributed by atoms with Crippen LogP contribution in [0.2, 0.25) is 0 Å². The van der Waals surface area contributed by atoms with Crippen LogP contribution in [0.1, 0.15) is 22.3 Å². The van der Waals surface area contributed by atoms with E-state index in [0.717, 1.165) is 50.0 Å². The first-order valence-corrected chi connectivity index (χ1v) is 18.1. The molecule has 238 valence electrons. The van der Waals surface area contributed by atoms with Gasteiger partial charge in [-0.15, -0.1) is 0 Å². The summed E-state index contributed by atoms with van der Waals surface area (Å²) in [5.41, 5.74) is 13.9. The first-order chi connectivity index (χ1) is 25.3. The van der Waals surface area contributed by atoms with Gasteiger partial charge in [-0.1, -0.05) is 157 Å². The largest absolute Gasteiger partial charge is 0.456 e. The van der Waals surface area contributed by atoms with Crippen LogP contribution in [0.5, 0.6) is 0 Å². The highest BCUT2D eigenvalue weighted by Crippen LogP contribution is 2.63. The molecule has 1 spiro atoms. The Bertz CT molecular complexity index is 2740. The fourth-order valence-corrected chi connectivity index (χ4v) is 9.82. The highest BCUT2D eigenvalue weighted by molar-refractivity contribution is 7.99. The highest BCUT2D eigenvalue weighted by atomic mass is 32.2. The van der Waals surface area contributed by atoms with Crippen LogP contribution in [-0.4, -0.2) is 9.97 Å². The summed E-state index contributed by atoms with van der Waals surface area (Å²) in [7, 11) is 0. The van der Waals surface area contributed by atoms with E-state index in [1.807, 2.05) is 36.0 Å². The number of nitrogens with zero attached hydrogens (tertiary/aromatic N) is 2. The van der Waals surface area contributed by atoms with Gasteiger partial charge < -0.3 is 4.42 Å². The fraction of sp³-hybridized carbons (Fsp3) is 0.0213. The van der Waals surface area contributed by atoms with Crippen molar-refractivity contribution in [3.05, 3.63) is 192 Å². The quantitative estimate of drug-likeness (QED) is 0.188. The Labute approximate surface area is 299 Å². The van der Waals surface area contributed by atoms with Crippen molar-refractivity contribution in [2.45, 2.75) is 15.2 Å². The number of hydrogen-bond acceptors (Lipinski definition) is 4. The molecule has 0 atom stereocenters. The third-order valence-electron chi connectivity index (χ3n) is 10.6. The van der Waals surface area contributed by atoms with Gasteiger partial charge in [0.25, 0.3) is 0 Å². The summed E-state index contributed by atoms with van der Waals surface area (Å²) in [6.45, 7) is 0. The van der Waals surface area contributed by atoms with Crippen LogP contribution < -0.4 is 0 Å². The Morgan fingerprint density at radius 2 is 1.02 bits per heavy atom. The van der Waals surface area contributed by atoms with Crippen molar-refractivity contribution < 1.29 is 4.42 Å². The van der Waals surface area contributed by atoms with Crippen molar-refractivity contribution in [1.29, 1.82) is 0 Å². The zero-order chi connectivity index (χ0) is 33.5. The van der Waals surface area contributed by atoms with Gasteiger partial charge in [-0.2, -0.15) is 0 Å². The smallest absolute Gasteiger partial charge is 0.160 e. The van der Waals surface area contributed by atoms with E-state index in [1.165, 1.54) is 43.2 Å². The lowest BCUT2D eigenvalue weighted by Crippen LogP contribution is -2.32. The number of hydrogen-bond donors (Lipinski definition) is 0. The Morgan fingerprint density at radius 1 is 0.431 bits per heavy atom. The van der Waals surface area contributed by atoms with Crippen molar-refractivity contribution in [1.82, 2.24) is 9.97 Å². The van der Waals surface area contributed by atoms with Crippen LogP contribution in [-0.2, 0) is 5.41 Å². The molecule has 3 heterocycles. The summed E-state index contributed by atoms with van der Waals surface area (Å²) in [6, 6.07) is 60.4. The van der Waals surface area contributed by atoms with Gasteiger partial charge >= 0.3 is 0 Å². The molecule has 51 heavy (non-hydrogen) atoms. The second-order valence-corrected chi connectivity index (χ2v) is 14.3. The van der Waals surface area contributed by atoms with E-state index in [9.17, 15) is 0 Å². The van der Waals surface area contributed by atoms with Gasteiger partial charge in [-0.25, -0.2) is 9.97 Å². The number of furan rings is 1. The Kier molecular flexibility index (Phi) is 6.10. The predicted molar refractivity (Wildman–Crippen MR) is 207 cm³/mol. The molecule has 2 aromatic heterocycles. The number of fused-ring (bicyclic) bond motifs is 13. The van der Waals surface area contributed by atoms with E-state index in [4.69, 9.17) is 14.4 Å². The van der Waals surface area contributed by atoms with E-state index in [1.54, 1.807) is 0 Å². The van der Waals surface area contributed by atoms with E-state index < -0.39 is 5.41 Å². The molecule has 0 unspecified atom stereocenters. The molecular formula is C47H28N2OS.